The lowest BCUT2D eigenvalue weighted by Gasteiger charge is -2.27. The lowest BCUT2D eigenvalue weighted by molar-refractivity contribution is -0.117. The van der Waals surface area contributed by atoms with Gasteiger partial charge in [-0.2, -0.15) is 0 Å². The zero-order valence-electron chi connectivity index (χ0n) is 12.9. The molecule has 1 aromatic rings. The van der Waals surface area contributed by atoms with E-state index in [1.165, 1.54) is 38.8 Å². The minimum atomic E-state index is 0.0932. The molecule has 1 amide bonds. The molecule has 2 heterocycles. The Labute approximate surface area is 141 Å². The maximum atomic E-state index is 12.3. The van der Waals surface area contributed by atoms with Gasteiger partial charge in [-0.1, -0.05) is 15.9 Å². The summed E-state index contributed by atoms with van der Waals surface area (Å²) in [6.07, 6.45) is 5.10. The Morgan fingerprint density at radius 1 is 1.14 bits per heavy atom. The quantitative estimate of drug-likeness (QED) is 0.871. The molecule has 2 aliphatic rings. The van der Waals surface area contributed by atoms with Crippen molar-refractivity contribution in [2.45, 2.75) is 31.7 Å². The van der Waals surface area contributed by atoms with E-state index in [0.717, 1.165) is 23.2 Å². The van der Waals surface area contributed by atoms with Crippen LogP contribution in [0.3, 0.4) is 0 Å². The Kier molecular flexibility index (Phi) is 5.50. The van der Waals surface area contributed by atoms with Gasteiger partial charge in [0.1, 0.15) is 0 Å². The van der Waals surface area contributed by atoms with E-state index in [2.05, 4.69) is 31.0 Å². The average molecular weight is 366 g/mol. The predicted octanol–water partition coefficient (Wildman–Crippen LogP) is 2.95. The van der Waals surface area contributed by atoms with Crippen molar-refractivity contribution in [3.8, 4) is 0 Å². The summed E-state index contributed by atoms with van der Waals surface area (Å²) in [5, 5.41) is 3.00. The largest absolute Gasteiger partial charge is 0.325 e. The summed E-state index contributed by atoms with van der Waals surface area (Å²) in [6.45, 7) is 5.15. The van der Waals surface area contributed by atoms with Crippen LogP contribution >= 0.6 is 15.9 Å². The Balaban J connectivity index is 1.50. The number of nitrogens with zero attached hydrogens (tertiary/aromatic N) is 2. The number of nitrogens with one attached hydrogen (secondary N) is 1. The lowest BCUT2D eigenvalue weighted by atomic mass is 10.2. The van der Waals surface area contributed by atoms with Gasteiger partial charge in [-0.3, -0.25) is 9.69 Å². The zero-order valence-corrected chi connectivity index (χ0v) is 14.5. The van der Waals surface area contributed by atoms with Crippen molar-refractivity contribution in [3.05, 3.63) is 28.7 Å². The van der Waals surface area contributed by atoms with E-state index in [0.29, 0.717) is 12.6 Å². The third-order valence-corrected chi connectivity index (χ3v) is 5.17. The summed E-state index contributed by atoms with van der Waals surface area (Å²) in [5.41, 5.74) is 0.864. The van der Waals surface area contributed by atoms with Crippen molar-refractivity contribution in [3.63, 3.8) is 0 Å². The smallest absolute Gasteiger partial charge is 0.238 e. The maximum Gasteiger partial charge on any atom is 0.238 e. The molecule has 0 radical (unpaired) electrons. The number of benzene rings is 1. The number of hydrogen-bond donors (Lipinski definition) is 1. The first kappa shape index (κ1) is 16.0. The summed E-state index contributed by atoms with van der Waals surface area (Å²) >= 11 is 3.41. The highest BCUT2D eigenvalue weighted by Crippen LogP contribution is 2.20. The van der Waals surface area contributed by atoms with Gasteiger partial charge in [-0.25, -0.2) is 0 Å². The highest BCUT2D eigenvalue weighted by molar-refractivity contribution is 9.10. The molecule has 4 nitrogen and oxygen atoms in total. The summed E-state index contributed by atoms with van der Waals surface area (Å²) in [5.74, 6) is 0.0932. The molecule has 0 spiro atoms. The van der Waals surface area contributed by atoms with Crippen LogP contribution in [0.25, 0.3) is 0 Å². The summed E-state index contributed by atoms with van der Waals surface area (Å²) in [6, 6.07) is 8.29. The van der Waals surface area contributed by atoms with Crippen molar-refractivity contribution in [1.29, 1.82) is 0 Å². The van der Waals surface area contributed by atoms with Crippen LogP contribution in [0.4, 0.5) is 5.69 Å². The van der Waals surface area contributed by atoms with E-state index in [-0.39, 0.29) is 5.91 Å². The molecule has 0 saturated carbocycles. The van der Waals surface area contributed by atoms with Crippen molar-refractivity contribution < 1.29 is 4.79 Å². The number of rotatable bonds is 5. The molecule has 3 rings (SSSR count). The Bertz CT molecular complexity index is 499. The fourth-order valence-electron chi connectivity index (χ4n) is 3.49. The van der Waals surface area contributed by atoms with Gasteiger partial charge in [0.15, 0.2) is 0 Å². The molecule has 2 aliphatic heterocycles. The van der Waals surface area contributed by atoms with Crippen molar-refractivity contribution in [2.24, 2.45) is 0 Å². The standard InChI is InChI=1S/C17H24BrN3O/c18-14-5-7-15(8-6-14)19-17(22)13-21-11-3-4-16(21)12-20-9-1-2-10-20/h5-8,16H,1-4,9-13H2,(H,19,22). The highest BCUT2D eigenvalue weighted by atomic mass is 79.9. The van der Waals surface area contributed by atoms with Crippen LogP contribution in [-0.4, -0.2) is 54.5 Å². The molecule has 1 atom stereocenters. The topological polar surface area (TPSA) is 35.6 Å². The van der Waals surface area contributed by atoms with E-state index < -0.39 is 0 Å². The number of likely N-dealkylation sites (tertiary alicyclic amines) is 2. The Hall–Kier alpha value is -0.910. The Morgan fingerprint density at radius 3 is 2.59 bits per heavy atom. The molecule has 0 bridgehead atoms. The molecule has 1 N–H and O–H groups in total. The number of amides is 1. The van der Waals surface area contributed by atoms with Gasteiger partial charge in [-0.05, 0) is 69.6 Å². The van der Waals surface area contributed by atoms with E-state index >= 15 is 0 Å². The Morgan fingerprint density at radius 2 is 1.86 bits per heavy atom. The molecule has 2 saturated heterocycles. The van der Waals surface area contributed by atoms with Crippen LogP contribution < -0.4 is 5.32 Å². The van der Waals surface area contributed by atoms with Crippen molar-refractivity contribution in [1.82, 2.24) is 9.80 Å². The maximum absolute atomic E-state index is 12.3. The van der Waals surface area contributed by atoms with Gasteiger partial charge in [-0.15, -0.1) is 0 Å². The number of hydrogen-bond acceptors (Lipinski definition) is 3. The number of anilines is 1. The van der Waals surface area contributed by atoms with Gasteiger partial charge in [0, 0.05) is 22.7 Å². The first-order chi connectivity index (χ1) is 10.7. The van der Waals surface area contributed by atoms with Crippen molar-refractivity contribution in [2.75, 3.05) is 38.0 Å². The molecule has 0 aromatic heterocycles. The first-order valence-corrected chi connectivity index (χ1v) is 9.02. The van der Waals surface area contributed by atoms with E-state index in [4.69, 9.17) is 0 Å². The second-order valence-electron chi connectivity index (χ2n) is 6.33. The second kappa shape index (κ2) is 7.57. The van der Waals surface area contributed by atoms with E-state index in [9.17, 15) is 4.79 Å². The van der Waals surface area contributed by atoms with Gasteiger partial charge < -0.3 is 10.2 Å². The normalized spacial score (nSPS) is 23.0. The van der Waals surface area contributed by atoms with Crippen LogP contribution in [0.2, 0.25) is 0 Å². The summed E-state index contributed by atoms with van der Waals surface area (Å²) in [4.78, 5) is 17.2. The van der Waals surface area contributed by atoms with Gasteiger partial charge in [0.05, 0.1) is 6.54 Å². The molecular formula is C17H24BrN3O. The third-order valence-electron chi connectivity index (χ3n) is 4.64. The molecule has 1 aromatic carbocycles. The lowest BCUT2D eigenvalue weighted by Crippen LogP contribution is -2.42. The molecule has 2 fully saturated rings. The molecule has 1 unspecified atom stereocenters. The minimum Gasteiger partial charge on any atom is -0.325 e. The molecule has 120 valence electrons. The van der Waals surface area contributed by atoms with Crippen LogP contribution in [-0.2, 0) is 4.79 Å². The minimum absolute atomic E-state index is 0.0932. The fourth-order valence-corrected chi connectivity index (χ4v) is 3.76. The molecular weight excluding hydrogens is 342 g/mol. The van der Waals surface area contributed by atoms with Crippen LogP contribution in [0.1, 0.15) is 25.7 Å². The van der Waals surface area contributed by atoms with Crippen LogP contribution in [0.5, 0.6) is 0 Å². The van der Waals surface area contributed by atoms with Crippen LogP contribution in [0, 0.1) is 0 Å². The SMILES string of the molecule is O=C(CN1CCCC1CN1CCCC1)Nc1ccc(Br)cc1. The molecule has 22 heavy (non-hydrogen) atoms. The monoisotopic (exact) mass is 365 g/mol. The zero-order chi connectivity index (χ0) is 15.4. The van der Waals surface area contributed by atoms with Crippen LogP contribution in [0.15, 0.2) is 28.7 Å². The van der Waals surface area contributed by atoms with Gasteiger partial charge in [0.25, 0.3) is 0 Å². The van der Waals surface area contributed by atoms with Crippen molar-refractivity contribution >= 4 is 27.5 Å². The van der Waals surface area contributed by atoms with E-state index in [1.54, 1.807) is 0 Å². The third kappa shape index (κ3) is 4.31. The van der Waals surface area contributed by atoms with Gasteiger partial charge in [0.2, 0.25) is 5.91 Å². The molecule has 5 heteroatoms. The molecule has 0 aliphatic carbocycles. The number of carbonyl (C=O) groups excluding carboxylic acids is 1. The van der Waals surface area contributed by atoms with E-state index in [1.807, 2.05) is 24.3 Å². The number of halogens is 1. The number of carbonyl (C=O) groups is 1. The highest BCUT2D eigenvalue weighted by Gasteiger charge is 2.28. The summed E-state index contributed by atoms with van der Waals surface area (Å²) in [7, 11) is 0. The van der Waals surface area contributed by atoms with Gasteiger partial charge >= 0.3 is 0 Å². The second-order valence-corrected chi connectivity index (χ2v) is 7.24. The first-order valence-electron chi connectivity index (χ1n) is 8.22. The average Bonchev–Trinajstić information content (AvgIpc) is 3.15. The summed E-state index contributed by atoms with van der Waals surface area (Å²) < 4.78 is 1.02. The fraction of sp³-hybridized carbons (Fsp3) is 0.588. The predicted molar refractivity (Wildman–Crippen MR) is 93.0 cm³/mol.